The van der Waals surface area contributed by atoms with Crippen LogP contribution in [0, 0.1) is 0 Å². The van der Waals surface area contributed by atoms with Gasteiger partial charge in [-0.3, -0.25) is 0 Å². The predicted molar refractivity (Wildman–Crippen MR) is 45.8 cm³/mol. The van der Waals surface area contributed by atoms with Gasteiger partial charge in [-0.2, -0.15) is 0 Å². The zero-order valence-electron chi connectivity index (χ0n) is 6.37. The van der Waals surface area contributed by atoms with E-state index in [4.69, 9.17) is 9.84 Å². The SMILES string of the molecule is O=C(O)C1=C2SCCC2=CCO1. The number of thioether (sulfide) groups is 1. The molecule has 0 aromatic rings. The molecule has 0 aliphatic carbocycles. The van der Waals surface area contributed by atoms with Gasteiger partial charge in [-0.15, -0.1) is 11.8 Å². The Morgan fingerprint density at radius 3 is 3.25 bits per heavy atom. The highest BCUT2D eigenvalue weighted by molar-refractivity contribution is 8.03. The van der Waals surface area contributed by atoms with Crippen LogP contribution in [0.4, 0.5) is 0 Å². The Morgan fingerprint density at radius 1 is 1.67 bits per heavy atom. The summed E-state index contributed by atoms with van der Waals surface area (Å²) in [6.07, 6.45) is 2.93. The molecule has 0 aromatic heterocycles. The first-order valence-electron chi connectivity index (χ1n) is 3.71. The van der Waals surface area contributed by atoms with E-state index in [0.717, 1.165) is 22.7 Å². The summed E-state index contributed by atoms with van der Waals surface area (Å²) < 4.78 is 5.04. The summed E-state index contributed by atoms with van der Waals surface area (Å²) >= 11 is 1.57. The van der Waals surface area contributed by atoms with Crippen molar-refractivity contribution in [3.05, 3.63) is 22.3 Å². The molecule has 0 unspecified atom stereocenters. The summed E-state index contributed by atoms with van der Waals surface area (Å²) in [6, 6.07) is 0. The number of fused-ring (bicyclic) bond motifs is 1. The van der Waals surface area contributed by atoms with E-state index >= 15 is 0 Å². The molecule has 12 heavy (non-hydrogen) atoms. The molecule has 0 aromatic carbocycles. The van der Waals surface area contributed by atoms with Crippen LogP contribution in [-0.2, 0) is 9.53 Å². The van der Waals surface area contributed by atoms with Crippen LogP contribution < -0.4 is 0 Å². The number of ether oxygens (including phenoxy) is 1. The average molecular weight is 184 g/mol. The second-order valence-corrected chi connectivity index (χ2v) is 3.71. The minimum Gasteiger partial charge on any atom is -0.482 e. The molecule has 0 bridgehead atoms. The molecule has 0 radical (unpaired) electrons. The Bertz CT molecular complexity index is 287. The molecule has 3 nitrogen and oxygen atoms in total. The fourth-order valence-electron chi connectivity index (χ4n) is 1.33. The fourth-order valence-corrected chi connectivity index (χ4v) is 2.50. The molecule has 0 saturated carbocycles. The topological polar surface area (TPSA) is 46.5 Å². The lowest BCUT2D eigenvalue weighted by atomic mass is 10.1. The third-order valence-corrected chi connectivity index (χ3v) is 3.01. The van der Waals surface area contributed by atoms with Gasteiger partial charge in [0.05, 0.1) is 4.91 Å². The quantitative estimate of drug-likeness (QED) is 0.668. The lowest BCUT2D eigenvalue weighted by Gasteiger charge is -2.13. The van der Waals surface area contributed by atoms with E-state index in [2.05, 4.69) is 0 Å². The van der Waals surface area contributed by atoms with Gasteiger partial charge in [0.2, 0.25) is 5.76 Å². The van der Waals surface area contributed by atoms with Crippen molar-refractivity contribution >= 4 is 17.7 Å². The summed E-state index contributed by atoms with van der Waals surface area (Å²) in [7, 11) is 0. The molecule has 2 heterocycles. The van der Waals surface area contributed by atoms with Crippen molar-refractivity contribution < 1.29 is 14.6 Å². The Kier molecular flexibility index (Phi) is 1.84. The van der Waals surface area contributed by atoms with Crippen molar-refractivity contribution in [3.8, 4) is 0 Å². The third-order valence-electron chi connectivity index (χ3n) is 1.87. The Balaban J connectivity index is 2.41. The summed E-state index contributed by atoms with van der Waals surface area (Å²) in [5.41, 5.74) is 1.14. The monoisotopic (exact) mass is 184 g/mol. The van der Waals surface area contributed by atoms with Crippen LogP contribution in [0.2, 0.25) is 0 Å². The number of hydrogen-bond donors (Lipinski definition) is 1. The van der Waals surface area contributed by atoms with Crippen LogP contribution in [0.1, 0.15) is 6.42 Å². The van der Waals surface area contributed by atoms with Gasteiger partial charge >= 0.3 is 5.97 Å². The number of carboxylic acid groups (broad SMARTS) is 1. The highest BCUT2D eigenvalue weighted by Gasteiger charge is 2.26. The van der Waals surface area contributed by atoms with Crippen molar-refractivity contribution in [2.45, 2.75) is 6.42 Å². The summed E-state index contributed by atoms with van der Waals surface area (Å²) in [4.78, 5) is 11.5. The van der Waals surface area contributed by atoms with Crippen molar-refractivity contribution in [1.82, 2.24) is 0 Å². The molecule has 0 amide bonds. The van der Waals surface area contributed by atoms with Gasteiger partial charge in [-0.05, 0) is 18.1 Å². The molecule has 2 aliphatic rings. The van der Waals surface area contributed by atoms with E-state index in [1.165, 1.54) is 0 Å². The number of allylic oxidation sites excluding steroid dienone is 1. The van der Waals surface area contributed by atoms with Crippen molar-refractivity contribution in [1.29, 1.82) is 0 Å². The lowest BCUT2D eigenvalue weighted by molar-refractivity contribution is -0.136. The summed E-state index contributed by atoms with van der Waals surface area (Å²) in [5, 5.41) is 8.76. The van der Waals surface area contributed by atoms with Crippen LogP contribution >= 0.6 is 11.8 Å². The molecule has 2 aliphatic heterocycles. The van der Waals surface area contributed by atoms with Gasteiger partial charge < -0.3 is 9.84 Å². The van der Waals surface area contributed by atoms with Gasteiger partial charge in [0, 0.05) is 5.75 Å². The molecule has 64 valence electrons. The summed E-state index contributed by atoms with van der Waals surface area (Å²) in [5.74, 6) is 0.154. The maximum Gasteiger partial charge on any atom is 0.372 e. The first kappa shape index (κ1) is 7.73. The van der Waals surface area contributed by atoms with Gasteiger partial charge in [0.15, 0.2) is 0 Å². The van der Waals surface area contributed by atoms with Crippen LogP contribution in [-0.4, -0.2) is 23.4 Å². The predicted octanol–water partition coefficient (Wildman–Crippen LogP) is 1.38. The molecule has 1 fully saturated rings. The van der Waals surface area contributed by atoms with Crippen molar-refractivity contribution in [2.24, 2.45) is 0 Å². The van der Waals surface area contributed by atoms with E-state index in [9.17, 15) is 4.79 Å². The highest BCUT2D eigenvalue weighted by atomic mass is 32.2. The number of hydrogen-bond acceptors (Lipinski definition) is 3. The Labute approximate surface area is 74.1 Å². The van der Waals surface area contributed by atoms with Crippen LogP contribution in [0.5, 0.6) is 0 Å². The molecule has 0 atom stereocenters. The van der Waals surface area contributed by atoms with E-state index < -0.39 is 5.97 Å². The molecular formula is C8H8O3S. The zero-order chi connectivity index (χ0) is 8.55. The summed E-state index contributed by atoms with van der Waals surface area (Å²) in [6.45, 7) is 0.404. The van der Waals surface area contributed by atoms with Gasteiger partial charge in [-0.25, -0.2) is 4.79 Å². The average Bonchev–Trinajstić information content (AvgIpc) is 2.49. The second kappa shape index (κ2) is 2.86. The Morgan fingerprint density at radius 2 is 2.50 bits per heavy atom. The zero-order valence-corrected chi connectivity index (χ0v) is 7.19. The minimum atomic E-state index is -0.954. The lowest BCUT2D eigenvalue weighted by Crippen LogP contribution is -2.11. The van der Waals surface area contributed by atoms with Crippen LogP contribution in [0.25, 0.3) is 0 Å². The van der Waals surface area contributed by atoms with E-state index in [1.54, 1.807) is 11.8 Å². The van der Waals surface area contributed by atoms with E-state index in [0.29, 0.717) is 6.61 Å². The number of carbonyl (C=O) groups is 1. The molecule has 1 saturated heterocycles. The van der Waals surface area contributed by atoms with Crippen molar-refractivity contribution in [3.63, 3.8) is 0 Å². The Hall–Kier alpha value is -0.900. The molecule has 2 rings (SSSR count). The fraction of sp³-hybridized carbons (Fsp3) is 0.375. The normalized spacial score (nSPS) is 21.5. The second-order valence-electron chi connectivity index (χ2n) is 2.60. The van der Waals surface area contributed by atoms with Crippen LogP contribution in [0.15, 0.2) is 22.3 Å². The van der Waals surface area contributed by atoms with E-state index in [-0.39, 0.29) is 5.76 Å². The van der Waals surface area contributed by atoms with Gasteiger partial charge in [-0.1, -0.05) is 0 Å². The van der Waals surface area contributed by atoms with Gasteiger partial charge in [0.25, 0.3) is 0 Å². The van der Waals surface area contributed by atoms with E-state index in [1.807, 2.05) is 6.08 Å². The molecule has 4 heteroatoms. The largest absolute Gasteiger partial charge is 0.482 e. The molecular weight excluding hydrogens is 176 g/mol. The number of rotatable bonds is 1. The highest BCUT2D eigenvalue weighted by Crippen LogP contribution is 2.40. The third kappa shape index (κ3) is 1.12. The maximum absolute atomic E-state index is 10.7. The standard InChI is InChI=1S/C8H8O3S/c9-8(10)6-7-5(1-3-11-6)2-4-12-7/h1H,2-4H2,(H,9,10). The first-order valence-corrected chi connectivity index (χ1v) is 4.70. The first-order chi connectivity index (χ1) is 5.79. The van der Waals surface area contributed by atoms with Crippen LogP contribution in [0.3, 0.4) is 0 Å². The maximum atomic E-state index is 10.7. The van der Waals surface area contributed by atoms with Gasteiger partial charge in [0.1, 0.15) is 6.61 Å². The number of aliphatic carboxylic acids is 1. The number of carboxylic acids is 1. The van der Waals surface area contributed by atoms with Crippen molar-refractivity contribution in [2.75, 3.05) is 12.4 Å². The molecule has 0 spiro atoms. The smallest absolute Gasteiger partial charge is 0.372 e. The molecule has 1 N–H and O–H groups in total. The minimum absolute atomic E-state index is 0.134.